The number of aryl methyl sites for hydroxylation is 1. The molecule has 2 heterocycles. The molecule has 0 amide bonds. The molecule has 16 heavy (non-hydrogen) atoms. The Kier molecular flexibility index (Phi) is 2.09. The predicted molar refractivity (Wildman–Crippen MR) is 66.3 cm³/mol. The molecule has 1 aromatic carbocycles. The molecule has 80 valence electrons. The van der Waals surface area contributed by atoms with Crippen molar-refractivity contribution in [3.05, 3.63) is 40.1 Å². The number of aromatic nitrogens is 1. The van der Waals surface area contributed by atoms with Crippen LogP contribution in [-0.4, -0.2) is 4.98 Å². The average molecular weight is 252 g/mol. The van der Waals surface area contributed by atoms with E-state index in [1.165, 1.54) is 0 Å². The predicted octanol–water partition coefficient (Wildman–Crippen LogP) is 4.60. The smallest absolute Gasteiger partial charge is 0.158 e. The highest BCUT2D eigenvalue weighted by molar-refractivity contribution is 6.41. The first kappa shape index (κ1) is 9.94. The minimum Gasteiger partial charge on any atom is -0.454 e. The first-order valence-electron chi connectivity index (χ1n) is 4.81. The van der Waals surface area contributed by atoms with Crippen molar-refractivity contribution in [2.24, 2.45) is 0 Å². The number of benzene rings is 1. The van der Waals surface area contributed by atoms with Crippen molar-refractivity contribution >= 4 is 45.1 Å². The second kappa shape index (κ2) is 3.37. The van der Waals surface area contributed by atoms with Gasteiger partial charge in [0, 0.05) is 5.39 Å². The molecule has 3 rings (SSSR count). The van der Waals surface area contributed by atoms with E-state index in [1.54, 1.807) is 6.92 Å². The SMILES string of the molecule is Cc1nc(Cl)c2c(oc3ccccc32)c1Cl. The van der Waals surface area contributed by atoms with Crippen LogP contribution in [0.15, 0.2) is 28.7 Å². The van der Waals surface area contributed by atoms with Crippen molar-refractivity contribution < 1.29 is 4.42 Å². The van der Waals surface area contributed by atoms with Crippen molar-refractivity contribution in [1.29, 1.82) is 0 Å². The van der Waals surface area contributed by atoms with E-state index in [-0.39, 0.29) is 0 Å². The van der Waals surface area contributed by atoms with Crippen molar-refractivity contribution in [2.45, 2.75) is 6.92 Å². The van der Waals surface area contributed by atoms with E-state index < -0.39 is 0 Å². The Morgan fingerprint density at radius 2 is 1.94 bits per heavy atom. The number of halogens is 2. The van der Waals surface area contributed by atoms with Crippen molar-refractivity contribution in [3.8, 4) is 0 Å². The molecule has 0 bridgehead atoms. The molecule has 2 nitrogen and oxygen atoms in total. The van der Waals surface area contributed by atoms with Gasteiger partial charge in [-0.3, -0.25) is 0 Å². The number of pyridine rings is 1. The monoisotopic (exact) mass is 251 g/mol. The maximum Gasteiger partial charge on any atom is 0.158 e. The van der Waals surface area contributed by atoms with Gasteiger partial charge in [-0.15, -0.1) is 0 Å². The molecule has 0 N–H and O–H groups in total. The summed E-state index contributed by atoms with van der Waals surface area (Å²) in [6, 6.07) is 7.67. The molecule has 0 aliphatic carbocycles. The third-order valence-electron chi connectivity index (χ3n) is 2.58. The summed E-state index contributed by atoms with van der Waals surface area (Å²) in [5.74, 6) is 0. The fourth-order valence-corrected chi connectivity index (χ4v) is 2.31. The minimum atomic E-state index is 0.432. The molecule has 0 spiro atoms. The van der Waals surface area contributed by atoms with Gasteiger partial charge in [0.15, 0.2) is 5.58 Å². The Balaban J connectivity index is 2.64. The van der Waals surface area contributed by atoms with Crippen LogP contribution in [-0.2, 0) is 0 Å². The number of rotatable bonds is 0. The molecule has 4 heteroatoms. The van der Waals surface area contributed by atoms with Crippen LogP contribution in [0.3, 0.4) is 0 Å². The van der Waals surface area contributed by atoms with Gasteiger partial charge < -0.3 is 4.42 Å². The summed E-state index contributed by atoms with van der Waals surface area (Å²) in [6.45, 7) is 1.81. The van der Waals surface area contributed by atoms with Gasteiger partial charge in [-0.25, -0.2) is 4.98 Å². The standard InChI is InChI=1S/C12H7Cl2NO/c1-6-10(13)11-9(12(14)15-6)7-4-2-3-5-8(7)16-11/h2-5H,1H3. The van der Waals surface area contributed by atoms with E-state index in [4.69, 9.17) is 27.6 Å². The van der Waals surface area contributed by atoms with Crippen LogP contribution < -0.4 is 0 Å². The summed E-state index contributed by atoms with van der Waals surface area (Å²) >= 11 is 12.3. The molecule has 0 radical (unpaired) electrons. The van der Waals surface area contributed by atoms with Crippen LogP contribution in [0.1, 0.15) is 5.69 Å². The van der Waals surface area contributed by atoms with E-state index in [9.17, 15) is 0 Å². The summed E-state index contributed by atoms with van der Waals surface area (Å²) < 4.78 is 5.69. The zero-order chi connectivity index (χ0) is 11.3. The molecule has 0 aliphatic rings. The molecular formula is C12H7Cl2NO. The lowest BCUT2D eigenvalue weighted by molar-refractivity contribution is 0.668. The average Bonchev–Trinajstić information content (AvgIpc) is 2.65. The van der Waals surface area contributed by atoms with Crippen LogP contribution in [0.25, 0.3) is 21.9 Å². The lowest BCUT2D eigenvalue weighted by atomic mass is 10.2. The highest BCUT2D eigenvalue weighted by Gasteiger charge is 2.15. The quantitative estimate of drug-likeness (QED) is 0.546. The van der Waals surface area contributed by atoms with Crippen LogP contribution in [0.4, 0.5) is 0 Å². The third kappa shape index (κ3) is 1.24. The van der Waals surface area contributed by atoms with Gasteiger partial charge in [-0.05, 0) is 13.0 Å². The lowest BCUT2D eigenvalue weighted by Gasteiger charge is -1.99. The first-order valence-corrected chi connectivity index (χ1v) is 5.57. The van der Waals surface area contributed by atoms with Gasteiger partial charge in [0.1, 0.15) is 15.8 Å². The van der Waals surface area contributed by atoms with Gasteiger partial charge in [0.05, 0.1) is 11.1 Å². The highest BCUT2D eigenvalue weighted by atomic mass is 35.5. The first-order chi connectivity index (χ1) is 7.68. The Labute approximate surface area is 102 Å². The Morgan fingerprint density at radius 1 is 1.19 bits per heavy atom. The number of fused-ring (bicyclic) bond motifs is 3. The maximum absolute atomic E-state index is 6.15. The van der Waals surface area contributed by atoms with Gasteiger partial charge in [0.2, 0.25) is 0 Å². The maximum atomic E-state index is 6.15. The van der Waals surface area contributed by atoms with Gasteiger partial charge in [0.25, 0.3) is 0 Å². The largest absolute Gasteiger partial charge is 0.454 e. The minimum absolute atomic E-state index is 0.432. The van der Waals surface area contributed by atoms with Crippen LogP contribution in [0, 0.1) is 6.92 Å². The second-order valence-electron chi connectivity index (χ2n) is 3.60. The number of para-hydroxylation sites is 1. The zero-order valence-electron chi connectivity index (χ0n) is 8.42. The lowest BCUT2D eigenvalue weighted by Crippen LogP contribution is -1.84. The van der Waals surface area contributed by atoms with E-state index in [1.807, 2.05) is 24.3 Å². The topological polar surface area (TPSA) is 26.0 Å². The van der Waals surface area contributed by atoms with Gasteiger partial charge in [-0.2, -0.15) is 0 Å². The molecule has 0 saturated carbocycles. The van der Waals surface area contributed by atoms with Gasteiger partial charge in [-0.1, -0.05) is 41.4 Å². The summed E-state index contributed by atoms with van der Waals surface area (Å²) in [6.07, 6.45) is 0. The number of nitrogens with zero attached hydrogens (tertiary/aromatic N) is 1. The third-order valence-corrected chi connectivity index (χ3v) is 3.30. The van der Waals surface area contributed by atoms with E-state index in [0.717, 1.165) is 16.4 Å². The normalized spacial score (nSPS) is 11.4. The fraction of sp³-hybridized carbons (Fsp3) is 0.0833. The molecule has 0 saturated heterocycles. The summed E-state index contributed by atoms with van der Waals surface area (Å²) in [4.78, 5) is 4.20. The summed E-state index contributed by atoms with van der Waals surface area (Å²) in [5, 5.41) is 2.68. The number of hydrogen-bond donors (Lipinski definition) is 0. The molecule has 0 aliphatic heterocycles. The summed E-state index contributed by atoms with van der Waals surface area (Å²) in [5.41, 5.74) is 2.06. The number of hydrogen-bond acceptors (Lipinski definition) is 2. The van der Waals surface area contributed by atoms with Crippen LogP contribution in [0.2, 0.25) is 10.2 Å². The molecule has 0 fully saturated rings. The Bertz CT molecular complexity index is 703. The Morgan fingerprint density at radius 3 is 2.75 bits per heavy atom. The van der Waals surface area contributed by atoms with Crippen molar-refractivity contribution in [3.63, 3.8) is 0 Å². The molecule has 0 unspecified atom stereocenters. The zero-order valence-corrected chi connectivity index (χ0v) is 9.93. The van der Waals surface area contributed by atoms with Crippen molar-refractivity contribution in [1.82, 2.24) is 4.98 Å². The van der Waals surface area contributed by atoms with Crippen molar-refractivity contribution in [2.75, 3.05) is 0 Å². The van der Waals surface area contributed by atoms with Gasteiger partial charge >= 0.3 is 0 Å². The highest BCUT2D eigenvalue weighted by Crippen LogP contribution is 2.37. The fourth-order valence-electron chi connectivity index (χ4n) is 1.82. The van der Waals surface area contributed by atoms with Crippen LogP contribution >= 0.6 is 23.2 Å². The molecule has 2 aromatic heterocycles. The number of furan rings is 1. The Hall–Kier alpha value is -1.25. The molecule has 0 atom stereocenters. The van der Waals surface area contributed by atoms with E-state index in [0.29, 0.717) is 21.5 Å². The van der Waals surface area contributed by atoms with E-state index in [2.05, 4.69) is 4.98 Å². The second-order valence-corrected chi connectivity index (χ2v) is 4.34. The van der Waals surface area contributed by atoms with E-state index >= 15 is 0 Å². The molecular weight excluding hydrogens is 245 g/mol. The van der Waals surface area contributed by atoms with Crippen LogP contribution in [0.5, 0.6) is 0 Å². The molecule has 3 aromatic rings. The summed E-state index contributed by atoms with van der Waals surface area (Å²) in [7, 11) is 0.